The fourth-order valence-electron chi connectivity index (χ4n) is 4.05. The number of amides is 2. The average Bonchev–Trinajstić information content (AvgIpc) is 2.95. The fraction of sp³-hybridized carbons (Fsp3) is 0.133. The number of hydrogen-bond donors (Lipinski definition) is 2. The van der Waals surface area contributed by atoms with Crippen molar-refractivity contribution in [1.29, 1.82) is 0 Å². The van der Waals surface area contributed by atoms with Crippen molar-refractivity contribution < 1.29 is 42.1 Å². The van der Waals surface area contributed by atoms with Crippen LogP contribution in [0.15, 0.2) is 84.9 Å². The molecule has 2 amide bonds. The number of methoxy groups -OCH3 is 2. The van der Waals surface area contributed by atoms with Crippen LogP contribution in [0.4, 0.5) is 29.3 Å². The molecule has 1 unspecified atom stereocenters. The Balaban J connectivity index is 1.60. The van der Waals surface area contributed by atoms with Crippen LogP contribution >= 0.6 is 11.6 Å². The van der Waals surface area contributed by atoms with Gasteiger partial charge in [-0.05, 0) is 65.7 Å². The largest absolute Gasteiger partial charge is 0.545 e. The third-order valence-electron chi connectivity index (χ3n) is 6.04. The zero-order valence-electron chi connectivity index (χ0n) is 22.1. The summed E-state index contributed by atoms with van der Waals surface area (Å²) in [4.78, 5) is 24.7. The first-order chi connectivity index (χ1) is 20.0. The molecule has 42 heavy (non-hydrogen) atoms. The Morgan fingerprint density at radius 1 is 0.786 bits per heavy atom. The van der Waals surface area contributed by atoms with E-state index in [-0.39, 0.29) is 11.4 Å². The van der Waals surface area contributed by atoms with Crippen LogP contribution in [-0.2, 0) is 6.18 Å². The van der Waals surface area contributed by atoms with E-state index in [1.807, 2.05) is 0 Å². The molecule has 4 aromatic rings. The number of carboxylic acids is 1. The second kappa shape index (κ2) is 12.7. The van der Waals surface area contributed by atoms with Gasteiger partial charge in [0.2, 0.25) is 0 Å². The van der Waals surface area contributed by atoms with E-state index in [9.17, 15) is 27.9 Å². The van der Waals surface area contributed by atoms with Crippen LogP contribution in [0.5, 0.6) is 17.2 Å². The number of urea groups is 1. The van der Waals surface area contributed by atoms with Crippen LogP contribution in [-0.4, -0.2) is 26.2 Å². The normalized spacial score (nSPS) is 11.8. The first-order valence-electron chi connectivity index (χ1n) is 12.2. The number of carbonyl (C=O) groups is 2. The Labute approximate surface area is 243 Å². The molecule has 12 heteroatoms. The Morgan fingerprint density at radius 3 is 1.98 bits per heavy atom. The number of carboxylic acid groups (broad SMARTS) is 1. The smallest absolute Gasteiger partial charge is 0.416 e. The van der Waals surface area contributed by atoms with E-state index < -0.39 is 35.4 Å². The molecule has 0 aromatic heterocycles. The summed E-state index contributed by atoms with van der Waals surface area (Å²) in [5.74, 6) is -0.903. The molecule has 0 saturated heterocycles. The number of alkyl halides is 3. The highest BCUT2D eigenvalue weighted by Crippen LogP contribution is 2.35. The molecule has 0 saturated carbocycles. The van der Waals surface area contributed by atoms with Gasteiger partial charge in [0, 0.05) is 28.0 Å². The topological polar surface area (TPSA) is 109 Å². The molecule has 0 aliphatic carbocycles. The molecule has 0 radical (unpaired) electrons. The second-order valence-electron chi connectivity index (χ2n) is 8.82. The van der Waals surface area contributed by atoms with E-state index in [1.54, 1.807) is 42.5 Å². The molecule has 0 spiro atoms. The molecule has 0 aliphatic rings. The zero-order valence-corrected chi connectivity index (χ0v) is 22.9. The van der Waals surface area contributed by atoms with E-state index in [1.165, 1.54) is 38.5 Å². The Kier molecular flexibility index (Phi) is 9.12. The first kappa shape index (κ1) is 30.1. The number of ether oxygens (including phenoxy) is 3. The lowest BCUT2D eigenvalue weighted by Crippen LogP contribution is -2.25. The summed E-state index contributed by atoms with van der Waals surface area (Å²) in [6.07, 6.45) is -5.57. The van der Waals surface area contributed by atoms with E-state index in [0.717, 1.165) is 18.2 Å². The maximum atomic E-state index is 13.1. The summed E-state index contributed by atoms with van der Waals surface area (Å²) < 4.78 is 55.8. The van der Waals surface area contributed by atoms with E-state index >= 15 is 0 Å². The van der Waals surface area contributed by atoms with Crippen molar-refractivity contribution in [3.63, 3.8) is 0 Å². The predicted molar refractivity (Wildman–Crippen MR) is 148 cm³/mol. The minimum absolute atomic E-state index is 0.105. The molecule has 4 rings (SSSR count). The number of hydrogen-bond acceptors (Lipinski definition) is 6. The predicted octanol–water partition coefficient (Wildman–Crippen LogP) is 6.55. The lowest BCUT2D eigenvalue weighted by atomic mass is 9.99. The highest BCUT2D eigenvalue weighted by molar-refractivity contribution is 6.30. The van der Waals surface area contributed by atoms with Crippen LogP contribution < -0.4 is 30.0 Å². The van der Waals surface area contributed by atoms with Gasteiger partial charge in [-0.3, -0.25) is 0 Å². The van der Waals surface area contributed by atoms with Crippen molar-refractivity contribution in [3.8, 4) is 17.2 Å². The third-order valence-corrected chi connectivity index (χ3v) is 6.27. The van der Waals surface area contributed by atoms with Crippen molar-refractivity contribution in [1.82, 2.24) is 0 Å². The summed E-state index contributed by atoms with van der Waals surface area (Å²) in [6, 6.07) is 18.6. The Hall–Kier alpha value is -4.90. The highest BCUT2D eigenvalue weighted by Gasteiger charge is 2.30. The molecule has 0 heterocycles. The number of halogens is 4. The summed E-state index contributed by atoms with van der Waals surface area (Å²) in [7, 11) is 2.92. The molecule has 8 nitrogen and oxygen atoms in total. The van der Waals surface area contributed by atoms with Gasteiger partial charge < -0.3 is 34.7 Å². The van der Waals surface area contributed by atoms with Gasteiger partial charge in [0.1, 0.15) is 11.9 Å². The van der Waals surface area contributed by atoms with Crippen LogP contribution in [0, 0.1) is 0 Å². The molecule has 2 N–H and O–H groups in total. The van der Waals surface area contributed by atoms with Crippen molar-refractivity contribution in [3.05, 3.63) is 112 Å². The summed E-state index contributed by atoms with van der Waals surface area (Å²) in [5, 5.41) is 17.5. The number of carbonyl (C=O) groups excluding carboxylic acids is 2. The summed E-state index contributed by atoms with van der Waals surface area (Å²) in [5.41, 5.74) is -0.000205. The molecule has 0 bridgehead atoms. The lowest BCUT2D eigenvalue weighted by molar-refractivity contribution is -0.255. The minimum Gasteiger partial charge on any atom is -0.545 e. The van der Waals surface area contributed by atoms with Crippen LogP contribution in [0.3, 0.4) is 0 Å². The van der Waals surface area contributed by atoms with Crippen molar-refractivity contribution in [2.75, 3.05) is 24.9 Å². The monoisotopic (exact) mass is 599 g/mol. The third kappa shape index (κ3) is 7.24. The lowest BCUT2D eigenvalue weighted by Gasteiger charge is -2.23. The molecule has 4 aromatic carbocycles. The quantitative estimate of drug-likeness (QED) is 0.226. The number of nitrogens with one attached hydrogen (secondary N) is 2. The number of rotatable bonds is 9. The second-order valence-corrected chi connectivity index (χ2v) is 9.26. The van der Waals surface area contributed by atoms with Crippen LogP contribution in [0.2, 0.25) is 5.02 Å². The van der Waals surface area contributed by atoms with Gasteiger partial charge in [-0.25, -0.2) is 4.79 Å². The number of benzene rings is 4. The van der Waals surface area contributed by atoms with E-state index in [0.29, 0.717) is 33.3 Å². The fourth-order valence-corrected chi connectivity index (χ4v) is 4.25. The van der Waals surface area contributed by atoms with Gasteiger partial charge in [0.25, 0.3) is 0 Å². The zero-order chi connectivity index (χ0) is 30.4. The average molecular weight is 600 g/mol. The maximum absolute atomic E-state index is 13.1. The molecule has 0 aliphatic heterocycles. The van der Waals surface area contributed by atoms with Crippen molar-refractivity contribution in [2.45, 2.75) is 12.3 Å². The van der Waals surface area contributed by atoms with Gasteiger partial charge in [-0.2, -0.15) is 13.2 Å². The van der Waals surface area contributed by atoms with Crippen molar-refractivity contribution in [2.24, 2.45) is 0 Å². The SMILES string of the molecule is COc1ccc(NC(=O)Nc2ccc(OC(c3ccc(C(F)(F)F)cc3)c3cccc(Cl)c3)c(C(=O)[O-])c2)cc1OC. The van der Waals surface area contributed by atoms with Gasteiger partial charge in [-0.1, -0.05) is 35.9 Å². The Bertz CT molecular complexity index is 1600. The van der Waals surface area contributed by atoms with Gasteiger partial charge in [0.15, 0.2) is 11.5 Å². The summed E-state index contributed by atoms with van der Waals surface area (Å²) in [6.45, 7) is 0. The molecular weight excluding hydrogens is 577 g/mol. The van der Waals surface area contributed by atoms with Gasteiger partial charge in [0.05, 0.1) is 25.8 Å². The molecular formula is C30H23ClF3N2O6-. The van der Waals surface area contributed by atoms with Gasteiger partial charge >= 0.3 is 12.2 Å². The number of anilines is 2. The number of aromatic carboxylic acids is 1. The summed E-state index contributed by atoms with van der Waals surface area (Å²) >= 11 is 6.14. The van der Waals surface area contributed by atoms with Gasteiger partial charge in [-0.15, -0.1) is 0 Å². The van der Waals surface area contributed by atoms with Crippen molar-refractivity contribution >= 4 is 35.0 Å². The molecule has 1 atom stereocenters. The molecule has 218 valence electrons. The van der Waals surface area contributed by atoms with E-state index in [2.05, 4.69) is 10.6 Å². The minimum atomic E-state index is -4.54. The Morgan fingerprint density at radius 2 is 1.40 bits per heavy atom. The van der Waals surface area contributed by atoms with Crippen LogP contribution in [0.25, 0.3) is 0 Å². The first-order valence-corrected chi connectivity index (χ1v) is 12.6. The molecule has 0 fully saturated rings. The highest BCUT2D eigenvalue weighted by atomic mass is 35.5. The standard InChI is InChI=1S/C30H24ClF3N2O6/c1-40-25-13-11-22(16-26(25)41-2)36-29(39)35-21-10-12-24(23(15-21)28(37)38)42-27(18-4-3-5-20(31)14-18)17-6-8-19(9-7-17)30(32,33)34/h3-16,27H,1-2H3,(H,37,38)(H2,35,36,39)/p-1. The van der Waals surface area contributed by atoms with E-state index in [4.69, 9.17) is 25.8 Å². The maximum Gasteiger partial charge on any atom is 0.416 e. The van der Waals surface area contributed by atoms with Crippen LogP contribution in [0.1, 0.15) is 33.2 Å².